The maximum Gasteiger partial charge on any atom is 0.271 e. The third kappa shape index (κ3) is 4.48. The molecule has 0 bridgehead atoms. The van der Waals surface area contributed by atoms with Crippen LogP contribution in [0.1, 0.15) is 35.3 Å². The second-order valence-corrected chi connectivity index (χ2v) is 7.62. The molecular weight excluding hydrogens is 332 g/mol. The van der Waals surface area contributed by atoms with Crippen molar-refractivity contribution in [3.8, 4) is 0 Å². The van der Waals surface area contributed by atoms with Crippen molar-refractivity contribution in [2.45, 2.75) is 31.2 Å². The first-order valence-electron chi connectivity index (χ1n) is 8.08. The van der Waals surface area contributed by atoms with Gasteiger partial charge in [-0.2, -0.15) is 5.10 Å². The van der Waals surface area contributed by atoms with Crippen LogP contribution in [0.15, 0.2) is 52.7 Å². The van der Waals surface area contributed by atoms with Crippen molar-refractivity contribution < 1.29 is 4.79 Å². The fourth-order valence-electron chi connectivity index (χ4n) is 2.29. The van der Waals surface area contributed by atoms with Gasteiger partial charge in [-0.25, -0.2) is 10.4 Å². The van der Waals surface area contributed by atoms with Crippen LogP contribution in [-0.4, -0.2) is 27.3 Å². The summed E-state index contributed by atoms with van der Waals surface area (Å²) in [7, 11) is 0. The van der Waals surface area contributed by atoms with E-state index in [0.29, 0.717) is 10.8 Å². The summed E-state index contributed by atoms with van der Waals surface area (Å²) in [5, 5.41) is 5.32. The zero-order valence-corrected chi connectivity index (χ0v) is 15.2. The quantitative estimate of drug-likeness (QED) is 0.412. The van der Waals surface area contributed by atoms with Crippen molar-refractivity contribution in [3.63, 3.8) is 0 Å². The summed E-state index contributed by atoms with van der Waals surface area (Å²) in [6.07, 6.45) is 1.63. The van der Waals surface area contributed by atoms with E-state index in [1.807, 2.05) is 37.3 Å². The van der Waals surface area contributed by atoms with Gasteiger partial charge in [0.25, 0.3) is 5.91 Å². The molecule has 5 nitrogen and oxygen atoms in total. The second-order valence-electron chi connectivity index (χ2n) is 6.05. The standard InChI is InChI=1S/C19H20N4OS/c1-12(2)25-19-21-16-9-8-15(10-17(16)22-19)18(24)23-20-11-14-6-4-13(3)5-7-14/h4-12H,1-3H3,(H,21,22)(H,23,24)/b20-11-. The Balaban J connectivity index is 1.70. The number of hydrogen-bond donors (Lipinski definition) is 2. The highest BCUT2D eigenvalue weighted by molar-refractivity contribution is 7.99. The van der Waals surface area contributed by atoms with Crippen LogP contribution in [0.3, 0.4) is 0 Å². The summed E-state index contributed by atoms with van der Waals surface area (Å²) >= 11 is 1.66. The second kappa shape index (κ2) is 7.53. The minimum absolute atomic E-state index is 0.252. The molecule has 0 aliphatic carbocycles. The molecule has 0 fully saturated rings. The van der Waals surface area contributed by atoms with Crippen molar-refractivity contribution in [2.24, 2.45) is 5.10 Å². The summed E-state index contributed by atoms with van der Waals surface area (Å²) in [6, 6.07) is 13.3. The van der Waals surface area contributed by atoms with Gasteiger partial charge in [-0.3, -0.25) is 4.79 Å². The maximum absolute atomic E-state index is 12.3. The third-order valence-electron chi connectivity index (χ3n) is 3.53. The maximum atomic E-state index is 12.3. The van der Waals surface area contributed by atoms with Gasteiger partial charge in [-0.05, 0) is 30.7 Å². The van der Waals surface area contributed by atoms with Crippen molar-refractivity contribution >= 4 is 34.9 Å². The summed E-state index contributed by atoms with van der Waals surface area (Å²) < 4.78 is 0. The number of imidazole rings is 1. The minimum Gasteiger partial charge on any atom is -0.333 e. The molecule has 0 radical (unpaired) electrons. The molecule has 0 unspecified atom stereocenters. The van der Waals surface area contributed by atoms with Gasteiger partial charge in [0.05, 0.1) is 17.2 Å². The Hall–Kier alpha value is -2.60. The number of H-pyrrole nitrogens is 1. The Morgan fingerprint density at radius 2 is 2.00 bits per heavy atom. The van der Waals surface area contributed by atoms with Crippen LogP contribution in [0.2, 0.25) is 0 Å². The van der Waals surface area contributed by atoms with Crippen molar-refractivity contribution in [1.82, 2.24) is 15.4 Å². The Morgan fingerprint density at radius 3 is 2.72 bits per heavy atom. The number of aromatic amines is 1. The SMILES string of the molecule is Cc1ccc(/C=N\NC(=O)c2ccc3nc(SC(C)C)[nH]c3c2)cc1. The normalized spacial score (nSPS) is 11.5. The van der Waals surface area contributed by atoms with E-state index in [4.69, 9.17) is 0 Å². The van der Waals surface area contributed by atoms with Gasteiger partial charge < -0.3 is 4.98 Å². The Kier molecular flexibility index (Phi) is 5.19. The van der Waals surface area contributed by atoms with Gasteiger partial charge in [0.1, 0.15) is 0 Å². The summed E-state index contributed by atoms with van der Waals surface area (Å²) in [5.41, 5.74) is 6.91. The van der Waals surface area contributed by atoms with Gasteiger partial charge in [0, 0.05) is 10.8 Å². The molecule has 2 aromatic carbocycles. The fraction of sp³-hybridized carbons (Fsp3) is 0.211. The summed E-state index contributed by atoms with van der Waals surface area (Å²) in [6.45, 7) is 6.25. The number of carbonyl (C=O) groups is 1. The fourth-order valence-corrected chi connectivity index (χ4v) is 3.06. The first-order chi connectivity index (χ1) is 12.0. The Bertz CT molecular complexity index is 913. The predicted molar refractivity (Wildman–Crippen MR) is 103 cm³/mol. The lowest BCUT2D eigenvalue weighted by Crippen LogP contribution is -2.17. The number of rotatable bonds is 5. The van der Waals surface area contributed by atoms with Crippen molar-refractivity contribution in [1.29, 1.82) is 0 Å². The monoisotopic (exact) mass is 352 g/mol. The zero-order valence-electron chi connectivity index (χ0n) is 14.4. The first kappa shape index (κ1) is 17.2. The zero-order chi connectivity index (χ0) is 17.8. The molecule has 0 aliphatic heterocycles. The number of amides is 1. The molecule has 1 aromatic heterocycles. The van der Waals surface area contributed by atoms with E-state index in [1.54, 1.807) is 30.1 Å². The number of aryl methyl sites for hydroxylation is 1. The molecule has 2 N–H and O–H groups in total. The largest absolute Gasteiger partial charge is 0.333 e. The first-order valence-corrected chi connectivity index (χ1v) is 8.96. The van der Waals surface area contributed by atoms with E-state index < -0.39 is 0 Å². The molecule has 6 heteroatoms. The van der Waals surface area contributed by atoms with Gasteiger partial charge in [-0.15, -0.1) is 0 Å². The molecular formula is C19H20N4OS. The van der Waals surface area contributed by atoms with Crippen molar-refractivity contribution in [3.05, 3.63) is 59.2 Å². The molecule has 0 atom stereocenters. The highest BCUT2D eigenvalue weighted by Crippen LogP contribution is 2.23. The average Bonchev–Trinajstić information content (AvgIpc) is 2.97. The van der Waals surface area contributed by atoms with E-state index >= 15 is 0 Å². The number of aromatic nitrogens is 2. The van der Waals surface area contributed by atoms with E-state index in [9.17, 15) is 4.79 Å². The van der Waals surface area contributed by atoms with Crippen LogP contribution in [-0.2, 0) is 0 Å². The molecule has 3 rings (SSSR count). The molecule has 0 saturated carbocycles. The molecule has 3 aromatic rings. The topological polar surface area (TPSA) is 70.1 Å². The smallest absolute Gasteiger partial charge is 0.271 e. The number of benzene rings is 2. The summed E-state index contributed by atoms with van der Waals surface area (Å²) in [5.74, 6) is -0.252. The van der Waals surface area contributed by atoms with Gasteiger partial charge >= 0.3 is 0 Å². The number of fused-ring (bicyclic) bond motifs is 1. The van der Waals surface area contributed by atoms with Gasteiger partial charge in [0.2, 0.25) is 0 Å². The third-order valence-corrected chi connectivity index (χ3v) is 4.41. The van der Waals surface area contributed by atoms with E-state index in [2.05, 4.69) is 34.3 Å². The predicted octanol–water partition coefficient (Wildman–Crippen LogP) is 4.14. The van der Waals surface area contributed by atoms with Gasteiger partial charge in [-0.1, -0.05) is 55.4 Å². The highest BCUT2D eigenvalue weighted by atomic mass is 32.2. The molecule has 25 heavy (non-hydrogen) atoms. The van der Waals surface area contributed by atoms with Crippen LogP contribution in [0.4, 0.5) is 0 Å². The average molecular weight is 352 g/mol. The lowest BCUT2D eigenvalue weighted by atomic mass is 10.2. The molecule has 1 heterocycles. The molecule has 128 valence electrons. The van der Waals surface area contributed by atoms with Gasteiger partial charge in [0.15, 0.2) is 5.16 Å². The number of hydrogen-bond acceptors (Lipinski definition) is 4. The van der Waals surface area contributed by atoms with E-state index in [-0.39, 0.29) is 5.91 Å². The van der Waals surface area contributed by atoms with Crippen LogP contribution >= 0.6 is 11.8 Å². The van der Waals surface area contributed by atoms with Crippen LogP contribution in [0.25, 0.3) is 11.0 Å². The van der Waals surface area contributed by atoms with Crippen LogP contribution < -0.4 is 5.43 Å². The Morgan fingerprint density at radius 1 is 1.24 bits per heavy atom. The lowest BCUT2D eigenvalue weighted by molar-refractivity contribution is 0.0955. The molecule has 0 saturated heterocycles. The van der Waals surface area contributed by atoms with E-state index in [0.717, 1.165) is 21.8 Å². The van der Waals surface area contributed by atoms with Crippen LogP contribution in [0.5, 0.6) is 0 Å². The number of thioether (sulfide) groups is 1. The molecule has 1 amide bonds. The van der Waals surface area contributed by atoms with E-state index in [1.165, 1.54) is 5.56 Å². The summed E-state index contributed by atoms with van der Waals surface area (Å²) in [4.78, 5) is 20.0. The number of hydrazone groups is 1. The highest BCUT2D eigenvalue weighted by Gasteiger charge is 2.09. The number of nitrogens with zero attached hydrogens (tertiary/aromatic N) is 2. The lowest BCUT2D eigenvalue weighted by Gasteiger charge is -2.00. The van der Waals surface area contributed by atoms with Crippen LogP contribution in [0, 0.1) is 6.92 Å². The molecule has 0 aliphatic rings. The van der Waals surface area contributed by atoms with Crippen molar-refractivity contribution in [2.75, 3.05) is 0 Å². The Labute approximate surface area is 150 Å². The minimum atomic E-state index is -0.252. The number of nitrogens with one attached hydrogen (secondary N) is 2. The molecule has 0 spiro atoms. The number of carbonyl (C=O) groups excluding carboxylic acids is 1.